The number of aromatic nitrogens is 1. The first-order chi connectivity index (χ1) is 13.8. The van der Waals surface area contributed by atoms with Crippen LogP contribution in [-0.2, 0) is 12.0 Å². The number of hydrogen-bond donors (Lipinski definition) is 2. The first kappa shape index (κ1) is 21.6. The summed E-state index contributed by atoms with van der Waals surface area (Å²) in [5.74, 6) is 0. The summed E-state index contributed by atoms with van der Waals surface area (Å²) in [4.78, 5) is 21.6. The first-order valence-electron chi connectivity index (χ1n) is 10.3. The first-order valence-corrected chi connectivity index (χ1v) is 11.2. The number of piperazine rings is 1. The summed E-state index contributed by atoms with van der Waals surface area (Å²) < 4.78 is 0. The van der Waals surface area contributed by atoms with E-state index in [9.17, 15) is 4.79 Å². The topological polar surface area (TPSA) is 60.5 Å². The number of hydrogen-bond acceptors (Lipinski definition) is 5. The van der Waals surface area contributed by atoms with Crippen molar-refractivity contribution in [2.45, 2.75) is 45.7 Å². The number of para-hydroxylation sites is 1. The molecule has 1 saturated heterocycles. The lowest BCUT2D eigenvalue weighted by atomic mass is 9.98. The molecule has 2 aromatic rings. The van der Waals surface area contributed by atoms with Crippen LogP contribution in [0.4, 0.5) is 10.5 Å². The van der Waals surface area contributed by atoms with E-state index in [0.29, 0.717) is 19.1 Å². The Balaban J connectivity index is 1.36. The molecule has 2 heterocycles. The van der Waals surface area contributed by atoms with E-state index in [1.54, 1.807) is 11.3 Å². The molecule has 3 rings (SSSR count). The molecular weight excluding hydrogens is 382 g/mol. The molecule has 1 aromatic heterocycles. The summed E-state index contributed by atoms with van der Waals surface area (Å²) in [7, 11) is 0. The van der Waals surface area contributed by atoms with Gasteiger partial charge >= 0.3 is 6.03 Å². The zero-order valence-corrected chi connectivity index (χ0v) is 18.8. The van der Waals surface area contributed by atoms with Gasteiger partial charge in [0.1, 0.15) is 0 Å². The summed E-state index contributed by atoms with van der Waals surface area (Å²) in [5.41, 5.74) is 2.25. The molecule has 1 aliphatic heterocycles. The van der Waals surface area contributed by atoms with Gasteiger partial charge in [-0.1, -0.05) is 39.0 Å². The zero-order valence-electron chi connectivity index (χ0n) is 17.9. The van der Waals surface area contributed by atoms with Crippen LogP contribution >= 0.6 is 11.3 Å². The van der Waals surface area contributed by atoms with E-state index in [1.165, 1.54) is 5.69 Å². The van der Waals surface area contributed by atoms with Crippen LogP contribution in [-0.4, -0.2) is 54.7 Å². The van der Waals surface area contributed by atoms with E-state index in [0.717, 1.165) is 36.9 Å². The molecule has 0 spiro atoms. The SMILES string of the molecule is CC(CNC(=O)NCc1csc(C(C)(C)C)n1)N1CCN(c2ccccc2)CC1. The standard InChI is InChI=1S/C22H33N5OS/c1-17(26-10-12-27(13-11-26)19-8-6-5-7-9-19)14-23-21(28)24-15-18-16-29-20(25-18)22(2,3)4/h5-9,16-17H,10-15H2,1-4H3,(H2,23,24,28). The van der Waals surface area contributed by atoms with Crippen molar-refractivity contribution in [3.05, 3.63) is 46.4 Å². The molecule has 1 aliphatic rings. The fraction of sp³-hybridized carbons (Fsp3) is 0.545. The smallest absolute Gasteiger partial charge is 0.315 e. The van der Waals surface area contributed by atoms with Gasteiger partial charge in [-0.25, -0.2) is 9.78 Å². The highest BCUT2D eigenvalue weighted by molar-refractivity contribution is 7.09. The third-order valence-corrected chi connectivity index (χ3v) is 6.56. The van der Waals surface area contributed by atoms with E-state index < -0.39 is 0 Å². The fourth-order valence-corrected chi connectivity index (χ4v) is 4.30. The van der Waals surface area contributed by atoms with Crippen LogP contribution < -0.4 is 15.5 Å². The molecule has 0 radical (unpaired) electrons. The predicted molar refractivity (Wildman–Crippen MR) is 121 cm³/mol. The highest BCUT2D eigenvalue weighted by Gasteiger charge is 2.22. The third kappa shape index (κ3) is 6.18. The van der Waals surface area contributed by atoms with Gasteiger partial charge in [0.05, 0.1) is 17.2 Å². The average Bonchev–Trinajstić information content (AvgIpc) is 3.21. The molecule has 2 N–H and O–H groups in total. The van der Waals surface area contributed by atoms with Crippen molar-refractivity contribution in [3.8, 4) is 0 Å². The van der Waals surface area contributed by atoms with Crippen molar-refractivity contribution in [1.29, 1.82) is 0 Å². The second kappa shape index (κ2) is 9.59. The molecule has 158 valence electrons. The highest BCUT2D eigenvalue weighted by Crippen LogP contribution is 2.25. The highest BCUT2D eigenvalue weighted by atomic mass is 32.1. The second-order valence-electron chi connectivity index (χ2n) is 8.67. The van der Waals surface area contributed by atoms with Crippen molar-refractivity contribution in [2.24, 2.45) is 0 Å². The Hall–Kier alpha value is -2.12. The van der Waals surface area contributed by atoms with E-state index in [-0.39, 0.29) is 11.4 Å². The number of amides is 2. The van der Waals surface area contributed by atoms with Gasteiger partial charge in [-0.3, -0.25) is 4.90 Å². The number of nitrogens with zero attached hydrogens (tertiary/aromatic N) is 3. The Kier molecular flexibility index (Phi) is 7.14. The van der Waals surface area contributed by atoms with Crippen molar-refractivity contribution < 1.29 is 4.79 Å². The van der Waals surface area contributed by atoms with Crippen LogP contribution in [0, 0.1) is 0 Å². The lowest BCUT2D eigenvalue weighted by molar-refractivity contribution is 0.190. The van der Waals surface area contributed by atoms with E-state index in [1.807, 2.05) is 5.38 Å². The van der Waals surface area contributed by atoms with E-state index in [4.69, 9.17) is 0 Å². The normalized spacial score (nSPS) is 16.5. The maximum Gasteiger partial charge on any atom is 0.315 e. The molecule has 7 heteroatoms. The Bertz CT molecular complexity index is 778. The number of anilines is 1. The van der Waals surface area contributed by atoms with Crippen LogP contribution in [0.2, 0.25) is 0 Å². The lowest BCUT2D eigenvalue weighted by Crippen LogP contribution is -2.53. The van der Waals surface area contributed by atoms with Gasteiger partial charge in [0.2, 0.25) is 0 Å². The van der Waals surface area contributed by atoms with Gasteiger partial charge in [0.25, 0.3) is 0 Å². The van der Waals surface area contributed by atoms with Gasteiger partial charge in [-0.2, -0.15) is 0 Å². The number of carbonyl (C=O) groups excluding carboxylic acids is 1. The largest absolute Gasteiger partial charge is 0.369 e. The van der Waals surface area contributed by atoms with Crippen molar-refractivity contribution >= 4 is 23.1 Å². The van der Waals surface area contributed by atoms with Gasteiger partial charge in [0, 0.05) is 55.2 Å². The fourth-order valence-electron chi connectivity index (χ4n) is 3.40. The molecule has 29 heavy (non-hydrogen) atoms. The number of benzene rings is 1. The van der Waals surface area contributed by atoms with Gasteiger partial charge < -0.3 is 15.5 Å². The number of urea groups is 1. The van der Waals surface area contributed by atoms with Crippen LogP contribution in [0.5, 0.6) is 0 Å². The predicted octanol–water partition coefficient (Wildman–Crippen LogP) is 3.45. The molecule has 2 amide bonds. The maximum atomic E-state index is 12.2. The molecule has 1 fully saturated rings. The van der Waals surface area contributed by atoms with Crippen molar-refractivity contribution in [3.63, 3.8) is 0 Å². The Morgan fingerprint density at radius 3 is 2.45 bits per heavy atom. The molecule has 0 bridgehead atoms. The lowest BCUT2D eigenvalue weighted by Gasteiger charge is -2.39. The molecule has 0 aliphatic carbocycles. The quantitative estimate of drug-likeness (QED) is 0.759. The average molecular weight is 416 g/mol. The van der Waals surface area contributed by atoms with Crippen LogP contribution in [0.15, 0.2) is 35.7 Å². The Labute approximate surface area is 178 Å². The summed E-state index contributed by atoms with van der Waals surface area (Å²) in [5, 5.41) is 9.04. The van der Waals surface area contributed by atoms with Gasteiger partial charge in [0.15, 0.2) is 0 Å². The number of nitrogens with one attached hydrogen (secondary N) is 2. The molecule has 1 atom stereocenters. The van der Waals surface area contributed by atoms with E-state index in [2.05, 4.69) is 83.4 Å². The third-order valence-electron chi connectivity index (χ3n) is 5.24. The summed E-state index contributed by atoms with van der Waals surface area (Å²) in [6.45, 7) is 13.8. The molecule has 6 nitrogen and oxygen atoms in total. The molecule has 1 aromatic carbocycles. The van der Waals surface area contributed by atoms with Crippen LogP contribution in [0.1, 0.15) is 38.4 Å². The molecule has 1 unspecified atom stereocenters. The van der Waals surface area contributed by atoms with E-state index >= 15 is 0 Å². The minimum absolute atomic E-state index is 0.0468. The monoisotopic (exact) mass is 415 g/mol. The summed E-state index contributed by atoms with van der Waals surface area (Å²) in [6.07, 6.45) is 0. The minimum Gasteiger partial charge on any atom is -0.369 e. The number of rotatable bonds is 6. The van der Waals surface area contributed by atoms with Crippen molar-refractivity contribution in [2.75, 3.05) is 37.6 Å². The maximum absolute atomic E-state index is 12.2. The van der Waals surface area contributed by atoms with Gasteiger partial charge in [-0.05, 0) is 19.1 Å². The van der Waals surface area contributed by atoms with Crippen molar-refractivity contribution in [1.82, 2.24) is 20.5 Å². The zero-order chi connectivity index (χ0) is 20.9. The molecule has 0 saturated carbocycles. The number of thiazole rings is 1. The summed E-state index contributed by atoms with van der Waals surface area (Å²) >= 11 is 1.65. The van der Waals surface area contributed by atoms with Crippen LogP contribution in [0.25, 0.3) is 0 Å². The summed E-state index contributed by atoms with van der Waals surface area (Å²) in [6, 6.07) is 10.7. The Morgan fingerprint density at radius 1 is 1.14 bits per heavy atom. The second-order valence-corrected chi connectivity index (χ2v) is 9.52. The minimum atomic E-state index is -0.134. The Morgan fingerprint density at radius 2 is 1.83 bits per heavy atom. The number of carbonyl (C=O) groups is 1. The van der Waals surface area contributed by atoms with Crippen LogP contribution in [0.3, 0.4) is 0 Å². The molecular formula is C22H33N5OS. The van der Waals surface area contributed by atoms with Gasteiger partial charge in [-0.15, -0.1) is 11.3 Å².